The van der Waals surface area contributed by atoms with E-state index in [0.29, 0.717) is 6.42 Å². The maximum atomic E-state index is 12.7. The number of para-hydroxylation sites is 1. The smallest absolute Gasteiger partial charge is 0.223 e. The zero-order valence-electron chi connectivity index (χ0n) is 13.8. The van der Waals surface area contributed by atoms with Crippen LogP contribution >= 0.6 is 0 Å². The van der Waals surface area contributed by atoms with Crippen molar-refractivity contribution in [2.45, 2.75) is 37.6 Å². The first-order valence-corrected chi connectivity index (χ1v) is 8.74. The maximum absolute atomic E-state index is 12.7. The molecule has 2 aromatic rings. The molecular weight excluding hydrogens is 296 g/mol. The van der Waals surface area contributed by atoms with Crippen LogP contribution in [0.3, 0.4) is 0 Å². The zero-order valence-corrected chi connectivity index (χ0v) is 13.8. The fraction of sp³-hybridized carbons (Fsp3) is 0.333. The van der Waals surface area contributed by atoms with Crippen LogP contribution in [-0.4, -0.2) is 23.1 Å². The second-order valence-electron chi connectivity index (χ2n) is 7.12. The Balaban J connectivity index is 1.79. The Morgan fingerprint density at radius 2 is 1.88 bits per heavy atom. The zero-order chi connectivity index (χ0) is 16.3. The Bertz CT molecular complexity index is 885. The third kappa shape index (κ3) is 1.62. The van der Waals surface area contributed by atoms with Crippen LogP contribution < -0.4 is 0 Å². The number of carbonyl (C=O) groups excluding carboxylic acids is 1. The molecule has 1 amide bonds. The first-order chi connectivity index (χ1) is 11.7. The molecule has 0 aromatic heterocycles. The average Bonchev–Trinajstić information content (AvgIpc) is 2.90. The Hall–Kier alpha value is -2.42. The fourth-order valence-corrected chi connectivity index (χ4v) is 5.04. The molecule has 120 valence electrons. The van der Waals surface area contributed by atoms with E-state index >= 15 is 0 Å². The summed E-state index contributed by atoms with van der Waals surface area (Å²) in [6, 6.07) is 17.2. The summed E-state index contributed by atoms with van der Waals surface area (Å²) in [6.07, 6.45) is 2.42. The molecule has 1 fully saturated rings. The van der Waals surface area contributed by atoms with E-state index in [1.165, 1.54) is 16.7 Å². The lowest BCUT2D eigenvalue weighted by Crippen LogP contribution is -2.56. The molecule has 3 aliphatic heterocycles. The van der Waals surface area contributed by atoms with E-state index in [1.54, 1.807) is 0 Å². The van der Waals surface area contributed by atoms with Crippen molar-refractivity contribution in [3.8, 4) is 0 Å². The summed E-state index contributed by atoms with van der Waals surface area (Å²) in [5.74, 6) is 0.289. The molecule has 0 saturated carbocycles. The minimum atomic E-state index is -0.166. The maximum Gasteiger partial charge on any atom is 0.223 e. The van der Waals surface area contributed by atoms with Gasteiger partial charge in [0.2, 0.25) is 5.91 Å². The van der Waals surface area contributed by atoms with Gasteiger partial charge in [-0.15, -0.1) is 0 Å². The molecule has 0 N–H and O–H groups in total. The summed E-state index contributed by atoms with van der Waals surface area (Å²) in [6.45, 7) is 2.96. The third-order valence-electron chi connectivity index (χ3n) is 6.12. The van der Waals surface area contributed by atoms with Gasteiger partial charge in [0.15, 0.2) is 0 Å². The second kappa shape index (κ2) is 4.79. The van der Waals surface area contributed by atoms with E-state index in [0.717, 1.165) is 30.8 Å². The van der Waals surface area contributed by atoms with Crippen molar-refractivity contribution < 1.29 is 4.79 Å². The minimum Gasteiger partial charge on any atom is -0.334 e. The lowest BCUT2D eigenvalue weighted by atomic mass is 9.63. The molecule has 1 spiro atoms. The molecule has 3 nitrogen and oxygen atoms in total. The molecule has 2 atom stereocenters. The number of piperidine rings is 1. The van der Waals surface area contributed by atoms with Crippen LogP contribution in [-0.2, 0) is 16.6 Å². The lowest BCUT2D eigenvalue weighted by Gasteiger charge is -2.51. The summed E-state index contributed by atoms with van der Waals surface area (Å²) in [7, 11) is 0. The van der Waals surface area contributed by atoms with Gasteiger partial charge < -0.3 is 4.90 Å². The SMILES string of the molecule is CC1=Nc2ccccc2[C@@]12CCC(=O)N1CCc3ccccc3[C@@H]12. The number of hydrogen-bond acceptors (Lipinski definition) is 2. The van der Waals surface area contributed by atoms with Crippen molar-refractivity contribution in [3.63, 3.8) is 0 Å². The number of fused-ring (bicyclic) bond motifs is 6. The summed E-state index contributed by atoms with van der Waals surface area (Å²) < 4.78 is 0. The number of hydrogen-bond donors (Lipinski definition) is 0. The van der Waals surface area contributed by atoms with Gasteiger partial charge in [0.05, 0.1) is 17.1 Å². The fourth-order valence-electron chi connectivity index (χ4n) is 5.04. The van der Waals surface area contributed by atoms with Crippen LogP contribution in [0.15, 0.2) is 53.5 Å². The van der Waals surface area contributed by atoms with Crippen LogP contribution in [0.5, 0.6) is 0 Å². The Kier molecular flexibility index (Phi) is 2.79. The number of aliphatic imine (C=N–C) groups is 1. The second-order valence-corrected chi connectivity index (χ2v) is 7.12. The van der Waals surface area contributed by atoms with Gasteiger partial charge in [-0.2, -0.15) is 0 Å². The molecular formula is C21H20N2O. The van der Waals surface area contributed by atoms with Gasteiger partial charge in [-0.1, -0.05) is 42.5 Å². The van der Waals surface area contributed by atoms with Gasteiger partial charge in [-0.3, -0.25) is 9.79 Å². The number of rotatable bonds is 0. The van der Waals surface area contributed by atoms with Crippen molar-refractivity contribution >= 4 is 17.3 Å². The lowest BCUT2D eigenvalue weighted by molar-refractivity contribution is -0.139. The van der Waals surface area contributed by atoms with Gasteiger partial charge in [-0.05, 0) is 42.5 Å². The molecule has 0 radical (unpaired) electrons. The molecule has 1 saturated heterocycles. The highest BCUT2D eigenvalue weighted by atomic mass is 16.2. The predicted octanol–water partition coefficient (Wildman–Crippen LogP) is 3.95. The van der Waals surface area contributed by atoms with E-state index in [-0.39, 0.29) is 17.4 Å². The predicted molar refractivity (Wildman–Crippen MR) is 94.7 cm³/mol. The monoisotopic (exact) mass is 316 g/mol. The van der Waals surface area contributed by atoms with Crippen molar-refractivity contribution in [1.29, 1.82) is 0 Å². The standard InChI is InChI=1S/C21H20N2O/c1-14-21(17-8-4-5-9-18(17)22-14)12-10-19(24)23-13-11-15-6-2-3-7-16(15)20(21)23/h2-9,20H,10-13H2,1H3/t20-,21-/m1/s1. The van der Waals surface area contributed by atoms with E-state index in [9.17, 15) is 4.79 Å². The molecule has 3 heterocycles. The Labute approximate surface area is 142 Å². The number of benzene rings is 2. The molecule has 3 aliphatic rings. The summed E-state index contributed by atoms with van der Waals surface area (Å²) >= 11 is 0. The Morgan fingerprint density at radius 3 is 2.79 bits per heavy atom. The molecule has 0 unspecified atom stereocenters. The number of amides is 1. The van der Waals surface area contributed by atoms with Crippen LogP contribution in [0.1, 0.15) is 42.5 Å². The van der Waals surface area contributed by atoms with Gasteiger partial charge in [0.25, 0.3) is 0 Å². The third-order valence-corrected chi connectivity index (χ3v) is 6.12. The van der Waals surface area contributed by atoms with Gasteiger partial charge >= 0.3 is 0 Å². The van der Waals surface area contributed by atoms with E-state index < -0.39 is 0 Å². The highest BCUT2D eigenvalue weighted by molar-refractivity contribution is 6.03. The summed E-state index contributed by atoms with van der Waals surface area (Å²) in [5, 5.41) is 0. The number of nitrogens with zero attached hydrogens (tertiary/aromatic N) is 2. The first-order valence-electron chi connectivity index (χ1n) is 8.74. The van der Waals surface area contributed by atoms with Crippen molar-refractivity contribution in [2.75, 3.05) is 6.54 Å². The van der Waals surface area contributed by atoms with Crippen molar-refractivity contribution in [2.24, 2.45) is 4.99 Å². The molecule has 5 rings (SSSR count). The highest BCUT2D eigenvalue weighted by Gasteiger charge is 2.55. The van der Waals surface area contributed by atoms with Crippen LogP contribution in [0, 0.1) is 0 Å². The van der Waals surface area contributed by atoms with Crippen LogP contribution in [0.25, 0.3) is 0 Å². The van der Waals surface area contributed by atoms with Crippen molar-refractivity contribution in [1.82, 2.24) is 4.90 Å². The molecule has 0 aliphatic carbocycles. The van der Waals surface area contributed by atoms with Gasteiger partial charge in [0, 0.05) is 18.7 Å². The molecule has 2 aromatic carbocycles. The number of carbonyl (C=O) groups is 1. The van der Waals surface area contributed by atoms with Gasteiger partial charge in [0.1, 0.15) is 0 Å². The largest absolute Gasteiger partial charge is 0.334 e. The normalized spacial score (nSPS) is 27.5. The van der Waals surface area contributed by atoms with E-state index in [2.05, 4.69) is 60.4 Å². The average molecular weight is 316 g/mol. The summed E-state index contributed by atoms with van der Waals surface area (Å²) in [4.78, 5) is 19.7. The van der Waals surface area contributed by atoms with Crippen molar-refractivity contribution in [3.05, 3.63) is 65.2 Å². The quantitative estimate of drug-likeness (QED) is 0.724. The van der Waals surface area contributed by atoms with Crippen LogP contribution in [0.4, 0.5) is 5.69 Å². The van der Waals surface area contributed by atoms with E-state index in [4.69, 9.17) is 4.99 Å². The highest BCUT2D eigenvalue weighted by Crippen LogP contribution is 2.56. The van der Waals surface area contributed by atoms with E-state index in [1.807, 2.05) is 0 Å². The molecule has 24 heavy (non-hydrogen) atoms. The van der Waals surface area contributed by atoms with Gasteiger partial charge in [-0.25, -0.2) is 0 Å². The van der Waals surface area contributed by atoms with Crippen LogP contribution in [0.2, 0.25) is 0 Å². The summed E-state index contributed by atoms with van der Waals surface area (Å²) in [5.41, 5.74) is 6.05. The minimum absolute atomic E-state index is 0.0797. The Morgan fingerprint density at radius 1 is 1.08 bits per heavy atom. The first kappa shape index (κ1) is 14.0. The molecule has 0 bridgehead atoms. The topological polar surface area (TPSA) is 32.7 Å². The molecule has 3 heteroatoms.